The van der Waals surface area contributed by atoms with E-state index >= 15 is 0 Å². The molecule has 2 aromatic rings. The fraction of sp³-hybridized carbons (Fsp3) is 0.655. The van der Waals surface area contributed by atoms with Crippen molar-refractivity contribution in [3.8, 4) is 0 Å². The molecule has 46 nitrogen and oxygen atoms in total. The van der Waals surface area contributed by atoms with E-state index in [9.17, 15) is 91.9 Å². The SMILES string of the molecule is CC(C)(C)OC(=O)CN1CCN(CC(=O)NC(CCC(=O)NCCCCC2NC(=O)[C@@H](Cc3ccccc3)NC(=O)C(CCOO)NC(=O)CNC(=O)C(CCCNC(N)N)NC2=O)C(=O)NCCCC[C@@H]2NC(=O)C(Cc3ccccc3)NC(=O)[C@H](CC(=O)O)NC(=O)CNC(=O)[C@H](CCCN=C(N)N)NC2=O)CCN(CC(=O)OC(C)(C)C)CCN(CC(=O)OC(C)(C)C)CC1. The first-order chi connectivity index (χ1) is 62.8. The number of carbonyl (C=O) groups is 17. The molecule has 3 fully saturated rings. The third kappa shape index (κ3) is 47.5. The van der Waals surface area contributed by atoms with Gasteiger partial charge in [0.1, 0.15) is 77.5 Å². The first-order valence-corrected chi connectivity index (χ1v) is 45.0. The average molecular weight is 1880 g/mol. The molecule has 13 amide bonds. The number of unbranched alkanes of at least 4 members (excludes halogenated alkanes) is 2. The summed E-state index contributed by atoms with van der Waals surface area (Å²) in [5.74, 6) is -14.3. The first-order valence-electron chi connectivity index (χ1n) is 45.0. The maximum absolute atomic E-state index is 14.9. The highest BCUT2D eigenvalue weighted by Crippen LogP contribution is 2.17. The van der Waals surface area contributed by atoms with Gasteiger partial charge in [0, 0.05) is 97.7 Å². The van der Waals surface area contributed by atoms with Crippen LogP contribution in [-0.2, 0) is 113 Å². The zero-order valence-corrected chi connectivity index (χ0v) is 77.8. The van der Waals surface area contributed by atoms with Gasteiger partial charge >= 0.3 is 23.9 Å². The standard InChI is InChI=1S/C87H141N23O23/c1-85(2,3)131-71(117)52-108-39-37-107(38-40-109(53-72(118)132-86(4,5)6)42-44-110(43-41-108)54-73(119)133-87(7,8)9)51-69(114)99-61(74(120)93-34-19-17-27-60-78(124)102-58(29-21-36-95-84(90)91)76(122)97-50-68(113)100-65(48-70(115)116)82(128)106-64(81(127)104-60)47-56-24-14-11-15-25-56)30-31-66(111)92-33-18-16-26-59-77(123)101-57(28-20-35-94-83(88)89)75(121)96-49-67(112)98-62(32-45-130-129)79(125)105-63(80(126)103-59)46-55-22-12-10-13-23-55/h10-15,22-25,57-65,83,94,129H,16-21,26-54,88-89H2,1-9H3,(H,92,111)(H,93,120)(H,96,121)(H,97,122)(H,98,112)(H,99,114)(H,100,113)(H,101,123)(H,102,124)(H,103,126)(H,104,127)(H,105,125)(H,106,128)(H,115,116)(H4,90,91,95)/t57?,58-,59?,60-,61?,62?,63+,64?,65-/m0/s1. The van der Waals surface area contributed by atoms with Crippen molar-refractivity contribution in [1.82, 2.24) is 94.0 Å². The van der Waals surface area contributed by atoms with E-state index in [0.29, 0.717) is 11.1 Å². The van der Waals surface area contributed by atoms with Crippen LogP contribution in [0.5, 0.6) is 0 Å². The number of ether oxygens (including phenoxy) is 3. The summed E-state index contributed by atoms with van der Waals surface area (Å²) < 4.78 is 17.2. The van der Waals surface area contributed by atoms with E-state index in [-0.39, 0.29) is 201 Å². The van der Waals surface area contributed by atoms with Gasteiger partial charge < -0.3 is 111 Å². The maximum atomic E-state index is 14.9. The maximum Gasteiger partial charge on any atom is 0.320 e. The van der Waals surface area contributed by atoms with Crippen LogP contribution in [0.25, 0.3) is 0 Å². The smallest absolute Gasteiger partial charge is 0.320 e. The van der Waals surface area contributed by atoms with E-state index in [1.54, 1.807) is 128 Å². The number of nitrogens with two attached hydrogens (primary N) is 4. The molecule has 5 rings (SSSR count). The Kier molecular flexibility index (Phi) is 48.5. The lowest BCUT2D eigenvalue weighted by atomic mass is 10.0. The largest absolute Gasteiger partial charge is 0.481 e. The van der Waals surface area contributed by atoms with Gasteiger partial charge in [0.25, 0.3) is 0 Å². The molecule has 742 valence electrons. The molecule has 0 aliphatic carbocycles. The number of guanidine groups is 1. The summed E-state index contributed by atoms with van der Waals surface area (Å²) in [7, 11) is 0. The number of carbonyl (C=O) groups excluding carboxylic acids is 16. The van der Waals surface area contributed by atoms with Crippen LogP contribution in [0, 0.1) is 0 Å². The summed E-state index contributed by atoms with van der Waals surface area (Å²) >= 11 is 0. The van der Waals surface area contributed by atoms with Crippen molar-refractivity contribution < 1.29 is 111 Å². The van der Waals surface area contributed by atoms with Gasteiger partial charge in [-0.3, -0.25) is 117 Å². The van der Waals surface area contributed by atoms with Gasteiger partial charge in [0.15, 0.2) is 5.96 Å². The number of benzene rings is 2. The van der Waals surface area contributed by atoms with Crippen molar-refractivity contribution in [1.29, 1.82) is 0 Å². The molecular weight excluding hydrogens is 1740 g/mol. The second-order valence-electron chi connectivity index (χ2n) is 35.9. The molecule has 0 spiro atoms. The predicted molar refractivity (Wildman–Crippen MR) is 485 cm³/mol. The topological polar surface area (TPSA) is 665 Å². The molecular formula is C87H141N23O23. The second kappa shape index (κ2) is 57.7. The Morgan fingerprint density at radius 1 is 0.444 bits per heavy atom. The quantitative estimate of drug-likeness (QED) is 0.00432. The number of rotatable bonds is 41. The number of nitrogens with zero attached hydrogens (tertiary/aromatic N) is 5. The molecule has 3 heterocycles. The number of amides is 13. The van der Waals surface area contributed by atoms with E-state index in [1.165, 1.54) is 0 Å². The summed E-state index contributed by atoms with van der Waals surface area (Å²) in [6, 6.07) is 3.91. The fourth-order valence-electron chi connectivity index (χ4n) is 14.3. The highest BCUT2D eigenvalue weighted by atomic mass is 17.1. The van der Waals surface area contributed by atoms with Crippen molar-refractivity contribution in [2.75, 3.05) is 124 Å². The van der Waals surface area contributed by atoms with Crippen LogP contribution in [0.3, 0.4) is 0 Å². The number of hydrogen-bond donors (Lipinski definition) is 20. The fourth-order valence-corrected chi connectivity index (χ4v) is 14.3. The lowest BCUT2D eigenvalue weighted by Crippen LogP contribution is -2.58. The van der Waals surface area contributed by atoms with Gasteiger partial charge in [-0.25, -0.2) is 4.89 Å². The predicted octanol–water partition coefficient (Wildman–Crippen LogP) is -5.33. The molecule has 46 heteroatoms. The lowest BCUT2D eigenvalue weighted by molar-refractivity contribution is -0.243. The average Bonchev–Trinajstić information content (AvgIpc) is 1.80. The van der Waals surface area contributed by atoms with Crippen LogP contribution in [0.4, 0.5) is 0 Å². The Hall–Kier alpha value is -11.7. The van der Waals surface area contributed by atoms with Crippen molar-refractivity contribution in [2.24, 2.45) is 27.9 Å². The number of carboxylic acid groups (broad SMARTS) is 1. The van der Waals surface area contributed by atoms with Gasteiger partial charge in [-0.15, -0.1) is 0 Å². The summed E-state index contributed by atoms with van der Waals surface area (Å²) in [6.45, 7) is 14.3. The first kappa shape index (κ1) is 112. The van der Waals surface area contributed by atoms with Crippen LogP contribution >= 0.6 is 0 Å². The molecule has 0 saturated carbocycles. The number of hydrogen-bond acceptors (Lipinski definition) is 30. The van der Waals surface area contributed by atoms with Crippen LogP contribution in [0.15, 0.2) is 65.7 Å². The van der Waals surface area contributed by atoms with Crippen LogP contribution in [-0.4, -0.2) is 338 Å². The van der Waals surface area contributed by atoms with Gasteiger partial charge in [-0.2, -0.15) is 0 Å². The zero-order chi connectivity index (χ0) is 98.4. The van der Waals surface area contributed by atoms with Crippen molar-refractivity contribution in [3.63, 3.8) is 0 Å². The van der Waals surface area contributed by atoms with Crippen LogP contribution in [0.2, 0.25) is 0 Å². The summed E-state index contributed by atoms with van der Waals surface area (Å²) in [5, 5.41) is 56.0. The third-order valence-corrected chi connectivity index (χ3v) is 20.8. The molecule has 0 bridgehead atoms. The van der Waals surface area contributed by atoms with Crippen molar-refractivity contribution in [3.05, 3.63) is 71.8 Å². The lowest BCUT2D eigenvalue weighted by Gasteiger charge is -2.34. The minimum atomic E-state index is -1.74. The summed E-state index contributed by atoms with van der Waals surface area (Å²) in [5.41, 5.74) is 21.1. The van der Waals surface area contributed by atoms with Crippen LogP contribution in [0.1, 0.15) is 163 Å². The van der Waals surface area contributed by atoms with Crippen LogP contribution < -0.4 is 97.4 Å². The monoisotopic (exact) mass is 1880 g/mol. The van der Waals surface area contributed by atoms with E-state index < -0.39 is 211 Å². The van der Waals surface area contributed by atoms with E-state index in [0.717, 1.165) is 0 Å². The number of esters is 3. The summed E-state index contributed by atoms with van der Waals surface area (Å²) in [6.07, 6.45) is -2.86. The Labute approximate surface area is 775 Å². The highest BCUT2D eigenvalue weighted by molar-refractivity contribution is 6.00. The van der Waals surface area contributed by atoms with Gasteiger partial charge in [-0.05, 0) is 151 Å². The molecule has 3 aliphatic heterocycles. The molecule has 3 saturated heterocycles. The number of nitrogens with one attached hydrogen (secondary N) is 14. The minimum absolute atomic E-state index is 0.00362. The Morgan fingerprint density at radius 2 is 0.805 bits per heavy atom. The molecule has 0 radical (unpaired) electrons. The molecule has 133 heavy (non-hydrogen) atoms. The molecule has 9 atom stereocenters. The molecule has 5 unspecified atom stereocenters. The van der Waals surface area contributed by atoms with E-state index in [2.05, 4.69) is 84.3 Å². The summed E-state index contributed by atoms with van der Waals surface area (Å²) in [4.78, 5) is 253. The molecule has 3 aliphatic rings. The van der Waals surface area contributed by atoms with Gasteiger partial charge in [-0.1, -0.05) is 60.7 Å². The van der Waals surface area contributed by atoms with E-state index in [1.807, 2.05) is 14.7 Å². The Morgan fingerprint density at radius 3 is 1.20 bits per heavy atom. The molecule has 24 N–H and O–H groups in total. The van der Waals surface area contributed by atoms with Gasteiger partial charge in [0.2, 0.25) is 76.8 Å². The van der Waals surface area contributed by atoms with Crippen molar-refractivity contribution in [2.45, 2.75) is 243 Å². The number of aliphatic carboxylic acids is 1. The normalized spacial score (nSPS) is 20.9. The minimum Gasteiger partial charge on any atom is -0.481 e. The third-order valence-electron chi connectivity index (χ3n) is 20.8. The number of carboxylic acids is 1. The Balaban J connectivity index is 1.48. The molecule has 0 aromatic heterocycles. The Bertz CT molecular complexity index is 4140. The number of aliphatic imine (C=N–C) groups is 1. The zero-order valence-electron chi connectivity index (χ0n) is 77.8. The van der Waals surface area contributed by atoms with Crippen molar-refractivity contribution >= 4 is 107 Å². The molecule has 2 aromatic carbocycles. The van der Waals surface area contributed by atoms with Gasteiger partial charge in [0.05, 0.1) is 52.3 Å². The van der Waals surface area contributed by atoms with E-state index in [4.69, 9.17) is 37.1 Å². The highest BCUT2D eigenvalue weighted by Gasteiger charge is 2.38. The second-order valence-corrected chi connectivity index (χ2v) is 35.9.